The van der Waals surface area contributed by atoms with E-state index in [2.05, 4.69) is 50.9 Å². The van der Waals surface area contributed by atoms with Crippen LogP contribution in [0.2, 0.25) is 5.02 Å². The number of hydrogen-bond donors (Lipinski definition) is 1. The van der Waals surface area contributed by atoms with Crippen LogP contribution in [0.15, 0.2) is 51.9 Å². The minimum absolute atomic E-state index is 0.0819. The van der Waals surface area contributed by atoms with E-state index in [1.165, 1.54) is 5.56 Å². The molecule has 1 unspecified atom stereocenters. The molecule has 3 rings (SSSR count). The maximum absolute atomic E-state index is 6.10. The van der Waals surface area contributed by atoms with Crippen LogP contribution in [0.25, 0.3) is 0 Å². The Balaban J connectivity index is 2.03. The van der Waals surface area contributed by atoms with Gasteiger partial charge in [0.15, 0.2) is 5.96 Å². The summed E-state index contributed by atoms with van der Waals surface area (Å²) in [5, 5.41) is 0.708. The fraction of sp³-hybridized carbons (Fsp3) is 0.188. The van der Waals surface area contributed by atoms with Crippen molar-refractivity contribution in [3.05, 3.63) is 63.1 Å². The number of aliphatic imine (C=N–C) groups is 1. The first-order valence-corrected chi connectivity index (χ1v) is 7.84. The summed E-state index contributed by atoms with van der Waals surface area (Å²) in [5.41, 5.74) is 9.48. The highest BCUT2D eigenvalue weighted by molar-refractivity contribution is 9.10. The highest BCUT2D eigenvalue weighted by atomic mass is 79.9. The van der Waals surface area contributed by atoms with E-state index < -0.39 is 0 Å². The van der Waals surface area contributed by atoms with Gasteiger partial charge in [0, 0.05) is 15.2 Å². The number of halogens is 2. The van der Waals surface area contributed by atoms with Crippen LogP contribution in [-0.2, 0) is 0 Å². The summed E-state index contributed by atoms with van der Waals surface area (Å²) in [6, 6.07) is 14.2. The summed E-state index contributed by atoms with van der Waals surface area (Å²) in [6.07, 6.45) is 0. The van der Waals surface area contributed by atoms with Gasteiger partial charge in [-0.05, 0) is 42.3 Å². The molecule has 0 spiro atoms. The lowest BCUT2D eigenvalue weighted by molar-refractivity contribution is 0.764. The Kier molecular flexibility index (Phi) is 3.91. The second-order valence-corrected chi connectivity index (χ2v) is 6.38. The van der Waals surface area contributed by atoms with Gasteiger partial charge in [-0.15, -0.1) is 0 Å². The second kappa shape index (κ2) is 5.70. The van der Waals surface area contributed by atoms with Crippen molar-refractivity contribution in [3.8, 4) is 0 Å². The Morgan fingerprint density at radius 2 is 2.10 bits per heavy atom. The van der Waals surface area contributed by atoms with E-state index in [1.54, 1.807) is 0 Å². The predicted octanol–water partition coefficient (Wildman–Crippen LogP) is 4.29. The number of guanidine groups is 1. The van der Waals surface area contributed by atoms with Crippen LogP contribution < -0.4 is 10.6 Å². The topological polar surface area (TPSA) is 41.6 Å². The van der Waals surface area contributed by atoms with E-state index in [0.29, 0.717) is 17.5 Å². The molecule has 2 aromatic rings. The molecule has 0 amide bonds. The molecule has 1 atom stereocenters. The first-order chi connectivity index (χ1) is 10.1. The lowest BCUT2D eigenvalue weighted by atomic mass is 10.1. The Hall–Kier alpha value is -1.52. The average molecular weight is 365 g/mol. The van der Waals surface area contributed by atoms with E-state index in [0.717, 1.165) is 15.7 Å². The zero-order valence-electron chi connectivity index (χ0n) is 11.6. The molecule has 108 valence electrons. The molecule has 2 N–H and O–H groups in total. The number of benzene rings is 2. The average Bonchev–Trinajstić information content (AvgIpc) is 2.80. The maximum atomic E-state index is 6.10. The van der Waals surface area contributed by atoms with Crippen molar-refractivity contribution >= 4 is 39.2 Å². The van der Waals surface area contributed by atoms with Crippen molar-refractivity contribution in [2.75, 3.05) is 11.4 Å². The number of anilines is 1. The third-order valence-corrected chi connectivity index (χ3v) is 4.51. The lowest BCUT2D eigenvalue weighted by Gasteiger charge is -2.27. The Morgan fingerprint density at radius 1 is 1.29 bits per heavy atom. The van der Waals surface area contributed by atoms with E-state index in [9.17, 15) is 0 Å². The summed E-state index contributed by atoms with van der Waals surface area (Å²) < 4.78 is 0.975. The molecule has 1 heterocycles. The van der Waals surface area contributed by atoms with Crippen molar-refractivity contribution in [1.82, 2.24) is 0 Å². The molecule has 5 heteroatoms. The molecule has 0 aliphatic carbocycles. The van der Waals surface area contributed by atoms with Gasteiger partial charge in [-0.25, -0.2) is 0 Å². The minimum Gasteiger partial charge on any atom is -0.369 e. The molecule has 3 nitrogen and oxygen atoms in total. The van der Waals surface area contributed by atoms with Crippen LogP contribution in [0.3, 0.4) is 0 Å². The van der Waals surface area contributed by atoms with Crippen LogP contribution in [0.1, 0.15) is 17.2 Å². The Morgan fingerprint density at radius 3 is 2.81 bits per heavy atom. The number of rotatable bonds is 2. The fourth-order valence-corrected chi connectivity index (χ4v) is 3.54. The van der Waals surface area contributed by atoms with Crippen LogP contribution in [0, 0.1) is 6.92 Å². The largest absolute Gasteiger partial charge is 0.369 e. The van der Waals surface area contributed by atoms with Gasteiger partial charge in [-0.3, -0.25) is 4.99 Å². The molecule has 1 aliphatic heterocycles. The number of hydrogen-bond acceptors (Lipinski definition) is 3. The monoisotopic (exact) mass is 363 g/mol. The summed E-state index contributed by atoms with van der Waals surface area (Å²) in [6.45, 7) is 2.71. The van der Waals surface area contributed by atoms with Gasteiger partial charge in [0.1, 0.15) is 0 Å². The van der Waals surface area contributed by atoms with Crippen molar-refractivity contribution in [2.45, 2.75) is 13.0 Å². The highest BCUT2D eigenvalue weighted by Crippen LogP contribution is 2.36. The maximum Gasteiger partial charge on any atom is 0.196 e. The zero-order valence-corrected chi connectivity index (χ0v) is 13.9. The smallest absolute Gasteiger partial charge is 0.196 e. The zero-order chi connectivity index (χ0) is 15.0. The molecular weight excluding hydrogens is 350 g/mol. The first kappa shape index (κ1) is 14.4. The third kappa shape index (κ3) is 2.78. The van der Waals surface area contributed by atoms with Gasteiger partial charge >= 0.3 is 0 Å². The molecule has 1 aliphatic rings. The molecule has 0 aromatic heterocycles. The third-order valence-electron chi connectivity index (χ3n) is 3.59. The summed E-state index contributed by atoms with van der Waals surface area (Å²) in [7, 11) is 0. The predicted molar refractivity (Wildman–Crippen MR) is 92.0 cm³/mol. The van der Waals surface area contributed by atoms with Crippen molar-refractivity contribution in [3.63, 3.8) is 0 Å². The molecule has 0 saturated heterocycles. The molecule has 0 saturated carbocycles. The van der Waals surface area contributed by atoms with Gasteiger partial charge < -0.3 is 10.6 Å². The van der Waals surface area contributed by atoms with Crippen LogP contribution >= 0.6 is 27.5 Å². The van der Waals surface area contributed by atoms with Gasteiger partial charge in [0.25, 0.3) is 0 Å². The number of aryl methyl sites for hydroxylation is 1. The van der Waals surface area contributed by atoms with Crippen molar-refractivity contribution < 1.29 is 0 Å². The van der Waals surface area contributed by atoms with E-state index >= 15 is 0 Å². The van der Waals surface area contributed by atoms with Gasteiger partial charge in [0.05, 0.1) is 12.6 Å². The van der Waals surface area contributed by atoms with Gasteiger partial charge in [0.2, 0.25) is 0 Å². The lowest BCUT2D eigenvalue weighted by Crippen LogP contribution is -2.36. The summed E-state index contributed by atoms with van der Waals surface area (Å²) in [5.74, 6) is 0.549. The van der Waals surface area contributed by atoms with Gasteiger partial charge in [-0.2, -0.15) is 0 Å². The normalized spacial score (nSPS) is 18.0. The number of nitrogens with two attached hydrogens (primary N) is 1. The van der Waals surface area contributed by atoms with Crippen molar-refractivity contribution in [1.29, 1.82) is 0 Å². The second-order valence-electron chi connectivity index (χ2n) is 5.09. The first-order valence-electron chi connectivity index (χ1n) is 6.67. The van der Waals surface area contributed by atoms with Crippen LogP contribution in [0.4, 0.5) is 5.69 Å². The minimum atomic E-state index is 0.0819. The van der Waals surface area contributed by atoms with Crippen LogP contribution in [0.5, 0.6) is 0 Å². The Bertz CT molecular complexity index is 714. The van der Waals surface area contributed by atoms with Crippen LogP contribution in [-0.4, -0.2) is 12.5 Å². The van der Waals surface area contributed by atoms with E-state index in [-0.39, 0.29) is 6.04 Å². The molecule has 2 aromatic carbocycles. The van der Waals surface area contributed by atoms with Crippen molar-refractivity contribution in [2.24, 2.45) is 10.7 Å². The molecular formula is C16H15BrClN3. The highest BCUT2D eigenvalue weighted by Gasteiger charge is 2.30. The van der Waals surface area contributed by atoms with E-state index in [1.807, 2.05) is 24.3 Å². The molecule has 0 radical (unpaired) electrons. The SMILES string of the molecule is Cc1cccc(N2C(N)=NCC2c2ccc(Cl)cc2Br)c1. The fourth-order valence-electron chi connectivity index (χ4n) is 2.60. The Labute approximate surface area is 137 Å². The molecule has 21 heavy (non-hydrogen) atoms. The molecule has 0 bridgehead atoms. The standard InChI is InChI=1S/C16H15BrClN3/c1-10-3-2-4-12(7-10)21-15(9-20-16(21)19)13-6-5-11(18)8-14(13)17/h2-8,15H,9H2,1H3,(H2,19,20). The summed E-state index contributed by atoms with van der Waals surface area (Å²) in [4.78, 5) is 6.48. The summed E-state index contributed by atoms with van der Waals surface area (Å²) >= 11 is 9.62. The number of nitrogens with zero attached hydrogens (tertiary/aromatic N) is 2. The molecule has 0 fully saturated rings. The van der Waals surface area contributed by atoms with E-state index in [4.69, 9.17) is 17.3 Å². The quantitative estimate of drug-likeness (QED) is 0.864. The van der Waals surface area contributed by atoms with Gasteiger partial charge in [-0.1, -0.05) is 45.7 Å².